The second-order valence-corrected chi connectivity index (χ2v) is 18.1. The molecule has 2 aromatic rings. The summed E-state index contributed by atoms with van der Waals surface area (Å²) in [7, 11) is -17.3. The van der Waals surface area contributed by atoms with Crippen LogP contribution in [0.2, 0.25) is 0 Å². The molecule has 2 rings (SSSR count). The van der Waals surface area contributed by atoms with Gasteiger partial charge in [-0.1, -0.05) is 74.9 Å². The first-order valence-electron chi connectivity index (χ1n) is 12.5. The molecule has 0 saturated carbocycles. The highest BCUT2D eigenvalue weighted by Crippen LogP contribution is 2.24. The molecular weight excluding hydrogens is 601 g/mol. The van der Waals surface area contributed by atoms with E-state index in [9.17, 15) is 44.7 Å². The van der Waals surface area contributed by atoms with Gasteiger partial charge in [-0.3, -0.25) is 0 Å². The lowest BCUT2D eigenvalue weighted by molar-refractivity contribution is 0.558. The van der Waals surface area contributed by atoms with Gasteiger partial charge in [0, 0.05) is 0 Å². The fourth-order valence-electron chi connectivity index (χ4n) is 3.98. The molecule has 2 atom stereocenters. The van der Waals surface area contributed by atoms with Crippen molar-refractivity contribution >= 4 is 39.3 Å². The maximum atomic E-state index is 12.6. The second kappa shape index (κ2) is 14.9. The summed E-state index contributed by atoms with van der Waals surface area (Å²) in [6.07, 6.45) is 4.10. The molecule has 0 aliphatic rings. The SMILES string of the molecule is [N-]=NC(S(=O)(=O)CCCCCCCCCCS(=O)(=O)C(N=[N-])S(=O)(=O)c1ccccc1)S(=O)(=O)c1ccccc1. The van der Waals surface area contributed by atoms with Crippen LogP contribution in [0.15, 0.2) is 80.7 Å². The molecule has 0 radical (unpaired) electrons. The second-order valence-electron chi connectivity index (χ2n) is 9.12. The van der Waals surface area contributed by atoms with Crippen molar-refractivity contribution in [3.8, 4) is 0 Å². The lowest BCUT2D eigenvalue weighted by Crippen LogP contribution is -2.30. The highest BCUT2D eigenvalue weighted by atomic mass is 32.3. The minimum absolute atomic E-state index is 0.179. The molecule has 0 heterocycles. The van der Waals surface area contributed by atoms with E-state index in [1.807, 2.05) is 0 Å². The molecule has 0 saturated heterocycles. The molecule has 0 aliphatic heterocycles. The maximum absolute atomic E-state index is 12.6. The van der Waals surface area contributed by atoms with Crippen molar-refractivity contribution in [3.63, 3.8) is 0 Å². The van der Waals surface area contributed by atoms with Crippen molar-refractivity contribution in [2.75, 3.05) is 11.5 Å². The van der Waals surface area contributed by atoms with Crippen LogP contribution in [0.4, 0.5) is 0 Å². The van der Waals surface area contributed by atoms with Crippen LogP contribution in [0.1, 0.15) is 51.4 Å². The van der Waals surface area contributed by atoms with E-state index >= 15 is 0 Å². The normalized spacial score (nSPS) is 14.3. The zero-order valence-electron chi connectivity index (χ0n) is 21.7. The molecule has 0 aliphatic carbocycles. The highest BCUT2D eigenvalue weighted by molar-refractivity contribution is 8.09. The van der Waals surface area contributed by atoms with Crippen LogP contribution in [-0.4, -0.2) is 54.6 Å². The molecule has 0 bridgehead atoms. The number of sulfone groups is 4. The Hall–Kier alpha value is -2.56. The van der Waals surface area contributed by atoms with Gasteiger partial charge >= 0.3 is 0 Å². The number of hydrogen-bond donors (Lipinski definition) is 0. The van der Waals surface area contributed by atoms with Crippen LogP contribution in [0.5, 0.6) is 0 Å². The Bertz CT molecular complexity index is 1430. The Kier molecular flexibility index (Phi) is 12.5. The summed E-state index contributed by atoms with van der Waals surface area (Å²) in [6.45, 7) is 0. The van der Waals surface area contributed by atoms with Crippen LogP contribution in [0.3, 0.4) is 0 Å². The largest absolute Gasteiger partial charge is 0.710 e. The molecule has 40 heavy (non-hydrogen) atoms. The van der Waals surface area contributed by atoms with E-state index in [0.29, 0.717) is 25.7 Å². The standard InChI is InChI=1S/C24H32N4O8S4/c25-27-23(39(33,34)21-15-9-7-10-16-21)37(29,30)19-13-5-3-1-2-4-6-14-20-38(31,32)24(28-26)40(35,36)22-17-11-8-12-18-22/h7-12,15-18,23-24H,1-6,13-14,19-20H2/q-2. The van der Waals surface area contributed by atoms with Crippen molar-refractivity contribution in [1.82, 2.24) is 0 Å². The van der Waals surface area contributed by atoms with Gasteiger partial charge in [0.25, 0.3) is 0 Å². The quantitative estimate of drug-likeness (QED) is 0.159. The molecule has 0 amide bonds. The number of unbranched alkanes of at least 4 members (excludes halogenated alkanes) is 7. The van der Waals surface area contributed by atoms with Gasteiger partial charge in [0.05, 0.1) is 21.3 Å². The van der Waals surface area contributed by atoms with Gasteiger partial charge in [-0.2, -0.15) is 0 Å². The van der Waals surface area contributed by atoms with Gasteiger partial charge in [0.1, 0.15) is 0 Å². The predicted octanol–water partition coefficient (Wildman–Crippen LogP) is 4.50. The summed E-state index contributed by atoms with van der Waals surface area (Å²) in [6, 6.07) is 13.8. The van der Waals surface area contributed by atoms with Crippen LogP contribution in [-0.2, 0) is 39.3 Å². The Labute approximate surface area is 236 Å². The smallest absolute Gasteiger partial charge is 0.237 e. The monoisotopic (exact) mass is 632 g/mol. The van der Waals surface area contributed by atoms with E-state index in [-0.39, 0.29) is 22.6 Å². The summed E-state index contributed by atoms with van der Waals surface area (Å²) in [5.74, 6) is -0.927. The van der Waals surface area contributed by atoms with Crippen LogP contribution >= 0.6 is 0 Å². The predicted molar refractivity (Wildman–Crippen MR) is 151 cm³/mol. The van der Waals surface area contributed by atoms with E-state index in [4.69, 9.17) is 0 Å². The molecule has 2 aromatic carbocycles. The number of benzene rings is 2. The molecule has 0 fully saturated rings. The minimum Gasteiger partial charge on any atom is -0.710 e. The van der Waals surface area contributed by atoms with Crippen LogP contribution in [0, 0.1) is 0 Å². The summed E-state index contributed by atoms with van der Waals surface area (Å²) < 4.78 is 95.9. The first-order valence-corrected chi connectivity index (χ1v) is 19.0. The number of rotatable bonds is 19. The zero-order valence-corrected chi connectivity index (χ0v) is 25.0. The molecule has 16 heteroatoms. The molecule has 0 spiro atoms. The summed E-state index contributed by atoms with van der Waals surface area (Å²) in [5.41, 5.74) is 18.3. The fourth-order valence-corrected chi connectivity index (χ4v) is 12.0. The molecule has 2 unspecified atom stereocenters. The van der Waals surface area contributed by atoms with Crippen molar-refractivity contribution in [1.29, 1.82) is 0 Å². The Morgan fingerprint density at radius 3 is 1.02 bits per heavy atom. The van der Waals surface area contributed by atoms with E-state index in [0.717, 1.165) is 12.8 Å². The van der Waals surface area contributed by atoms with Gasteiger partial charge in [-0.05, 0) is 37.1 Å². The van der Waals surface area contributed by atoms with E-state index < -0.39 is 60.3 Å². The van der Waals surface area contributed by atoms with Crippen LogP contribution < -0.4 is 0 Å². The third-order valence-corrected chi connectivity index (χ3v) is 15.6. The molecule has 0 aromatic heterocycles. The molecule has 0 N–H and O–H groups in total. The highest BCUT2D eigenvalue weighted by Gasteiger charge is 2.37. The Morgan fingerprint density at radius 1 is 0.475 bits per heavy atom. The summed E-state index contributed by atoms with van der Waals surface area (Å²) in [5, 5.41) is 5.31. The zero-order chi connectivity index (χ0) is 29.9. The summed E-state index contributed by atoms with van der Waals surface area (Å²) in [4.78, 5) is -0.512. The van der Waals surface area contributed by atoms with Crippen molar-refractivity contribution in [3.05, 3.63) is 71.7 Å². The Morgan fingerprint density at radius 2 is 0.750 bits per heavy atom. The first kappa shape index (κ1) is 33.6. The van der Waals surface area contributed by atoms with E-state index in [1.165, 1.54) is 48.5 Å². The van der Waals surface area contributed by atoms with Crippen molar-refractivity contribution in [2.24, 2.45) is 10.2 Å². The van der Waals surface area contributed by atoms with Gasteiger partial charge in [0.2, 0.25) is 29.1 Å². The number of nitrogens with zero attached hydrogens (tertiary/aromatic N) is 4. The molecule has 12 nitrogen and oxygen atoms in total. The van der Waals surface area contributed by atoms with E-state index in [2.05, 4.69) is 10.2 Å². The lowest BCUT2D eigenvalue weighted by Gasteiger charge is -2.17. The number of hydrogen-bond acceptors (Lipinski definition) is 10. The fraction of sp³-hybridized carbons (Fsp3) is 0.500. The van der Waals surface area contributed by atoms with Gasteiger partial charge in [-0.25, -0.2) is 33.7 Å². The maximum Gasteiger partial charge on any atom is 0.237 e. The summed E-state index contributed by atoms with van der Waals surface area (Å²) >= 11 is 0. The minimum atomic E-state index is -4.41. The molecule has 222 valence electrons. The van der Waals surface area contributed by atoms with E-state index in [1.54, 1.807) is 12.1 Å². The average Bonchev–Trinajstić information content (AvgIpc) is 2.90. The average molecular weight is 633 g/mol. The Balaban J connectivity index is 1.72. The van der Waals surface area contributed by atoms with Gasteiger partial charge in [-0.15, -0.1) is 0 Å². The lowest BCUT2D eigenvalue weighted by atomic mass is 10.1. The van der Waals surface area contributed by atoms with Crippen LogP contribution in [0.25, 0.3) is 11.1 Å². The molecular formula is C24H32N4O8S4-2. The van der Waals surface area contributed by atoms with Crippen molar-refractivity contribution < 1.29 is 33.7 Å². The first-order chi connectivity index (χ1) is 18.8. The van der Waals surface area contributed by atoms with Crippen molar-refractivity contribution in [2.45, 2.75) is 70.6 Å². The topological polar surface area (TPSA) is 206 Å². The third kappa shape index (κ3) is 8.97. The van der Waals surface area contributed by atoms with Gasteiger partial charge < -0.3 is 21.3 Å². The van der Waals surface area contributed by atoms with Gasteiger partial charge in [0.15, 0.2) is 19.7 Å². The third-order valence-electron chi connectivity index (χ3n) is 6.09.